The second kappa shape index (κ2) is 6.73. The van der Waals surface area contributed by atoms with E-state index in [9.17, 15) is 18.8 Å². The van der Waals surface area contributed by atoms with Gasteiger partial charge in [-0.3, -0.25) is 14.4 Å². The predicted octanol–water partition coefficient (Wildman–Crippen LogP) is 1.96. The average molecular weight is 378 g/mol. The first-order chi connectivity index (χ1) is 13.5. The Hall–Kier alpha value is -3.81. The largest absolute Gasteiger partial charge is 0.317 e. The lowest BCUT2D eigenvalue weighted by Crippen LogP contribution is -2.32. The van der Waals surface area contributed by atoms with Crippen molar-refractivity contribution in [2.75, 3.05) is 11.4 Å². The molecule has 0 saturated heterocycles. The predicted molar refractivity (Wildman–Crippen MR) is 102 cm³/mol. The molecular formula is C20H15FN4O3. The summed E-state index contributed by atoms with van der Waals surface area (Å²) in [7, 11) is 0. The number of halogens is 1. The van der Waals surface area contributed by atoms with Crippen molar-refractivity contribution in [2.45, 2.75) is 6.92 Å². The summed E-state index contributed by atoms with van der Waals surface area (Å²) in [6, 6.07) is 12.6. The van der Waals surface area contributed by atoms with Crippen molar-refractivity contribution in [1.82, 2.24) is 15.3 Å². The molecule has 2 N–H and O–H groups in total. The van der Waals surface area contributed by atoms with Gasteiger partial charge in [-0.1, -0.05) is 24.3 Å². The maximum atomic E-state index is 14.3. The summed E-state index contributed by atoms with van der Waals surface area (Å²) in [6.07, 6.45) is 0. The highest BCUT2D eigenvalue weighted by atomic mass is 19.1. The van der Waals surface area contributed by atoms with Gasteiger partial charge in [0.1, 0.15) is 23.0 Å². The third-order valence-electron chi connectivity index (χ3n) is 4.37. The van der Waals surface area contributed by atoms with E-state index in [2.05, 4.69) is 15.3 Å². The molecule has 28 heavy (non-hydrogen) atoms. The number of rotatable bonds is 3. The summed E-state index contributed by atoms with van der Waals surface area (Å²) in [5.74, 6) is -1.27. The summed E-state index contributed by atoms with van der Waals surface area (Å²) < 4.78 is 14.3. The zero-order valence-corrected chi connectivity index (χ0v) is 14.8. The van der Waals surface area contributed by atoms with Gasteiger partial charge >= 0.3 is 0 Å². The van der Waals surface area contributed by atoms with Gasteiger partial charge in [0.15, 0.2) is 5.78 Å². The van der Waals surface area contributed by atoms with E-state index >= 15 is 0 Å². The monoisotopic (exact) mass is 378 g/mol. The van der Waals surface area contributed by atoms with Gasteiger partial charge in [-0.05, 0) is 24.3 Å². The molecule has 0 spiro atoms. The number of hydrogen-bond acceptors (Lipinski definition) is 5. The molecule has 1 aromatic heterocycles. The van der Waals surface area contributed by atoms with Gasteiger partial charge in [0, 0.05) is 6.92 Å². The van der Waals surface area contributed by atoms with Gasteiger partial charge in [-0.25, -0.2) is 9.37 Å². The first-order valence-corrected chi connectivity index (χ1v) is 8.52. The first-order valence-electron chi connectivity index (χ1n) is 8.52. The Morgan fingerprint density at radius 1 is 1.14 bits per heavy atom. The summed E-state index contributed by atoms with van der Waals surface area (Å²) in [6.45, 7) is 1.09. The Morgan fingerprint density at radius 2 is 1.86 bits per heavy atom. The van der Waals surface area contributed by atoms with E-state index in [1.807, 2.05) is 0 Å². The smallest absolute Gasteiger partial charge is 0.259 e. The number of anilines is 1. The van der Waals surface area contributed by atoms with E-state index < -0.39 is 23.1 Å². The van der Waals surface area contributed by atoms with Crippen LogP contribution in [0.1, 0.15) is 12.7 Å². The van der Waals surface area contributed by atoms with Crippen LogP contribution in [0.5, 0.6) is 0 Å². The number of para-hydroxylation sites is 2. The zero-order valence-electron chi connectivity index (χ0n) is 14.8. The molecular weight excluding hydrogens is 363 g/mol. The van der Waals surface area contributed by atoms with Crippen LogP contribution in [0.25, 0.3) is 16.5 Å². The molecule has 0 fully saturated rings. The maximum absolute atomic E-state index is 14.3. The van der Waals surface area contributed by atoms with Gasteiger partial charge < -0.3 is 15.2 Å². The molecule has 0 radical (unpaired) electrons. The number of Topliss-reactive ketones (excluding diaryl/α,β-unsaturated/α-hetero) is 1. The molecule has 0 aliphatic carbocycles. The van der Waals surface area contributed by atoms with Crippen LogP contribution in [0.4, 0.5) is 10.1 Å². The Bertz CT molecular complexity index is 1220. The number of benzene rings is 2. The highest BCUT2D eigenvalue weighted by Gasteiger charge is 2.35. The van der Waals surface area contributed by atoms with Crippen molar-refractivity contribution < 1.29 is 14.0 Å². The van der Waals surface area contributed by atoms with Gasteiger partial charge in [-0.15, -0.1) is 0 Å². The fourth-order valence-corrected chi connectivity index (χ4v) is 3.19. The molecule has 4 rings (SSSR count). The zero-order chi connectivity index (χ0) is 19.8. The molecule has 140 valence electrons. The van der Waals surface area contributed by atoms with Crippen molar-refractivity contribution in [2.24, 2.45) is 0 Å². The third-order valence-corrected chi connectivity index (χ3v) is 4.37. The molecule has 7 nitrogen and oxygen atoms in total. The normalized spacial score (nSPS) is 14.1. The Kier molecular flexibility index (Phi) is 4.23. The highest BCUT2D eigenvalue weighted by molar-refractivity contribution is 6.26. The SMILES string of the molecule is CC(=O)NC1=C(c2nc3ccccc3c(=O)[nH]2)C(=O)CN1c1ccccc1F. The number of H-pyrrole nitrogens is 1. The topological polar surface area (TPSA) is 95.2 Å². The van der Waals surface area contributed by atoms with E-state index in [0.717, 1.165) is 0 Å². The summed E-state index contributed by atoms with van der Waals surface area (Å²) in [4.78, 5) is 45.3. The van der Waals surface area contributed by atoms with E-state index in [4.69, 9.17) is 0 Å². The van der Waals surface area contributed by atoms with Crippen LogP contribution in [0.3, 0.4) is 0 Å². The fraction of sp³-hybridized carbons (Fsp3) is 0.100. The molecule has 0 bridgehead atoms. The molecule has 1 amide bonds. The minimum absolute atomic E-state index is 0.0243. The van der Waals surface area contributed by atoms with Crippen LogP contribution in [-0.2, 0) is 9.59 Å². The van der Waals surface area contributed by atoms with Gasteiger partial charge in [0.25, 0.3) is 5.56 Å². The lowest BCUT2D eigenvalue weighted by molar-refractivity contribution is -0.118. The minimum atomic E-state index is -0.542. The Labute approximate surface area is 158 Å². The molecule has 2 heterocycles. The van der Waals surface area contributed by atoms with E-state index in [0.29, 0.717) is 10.9 Å². The van der Waals surface area contributed by atoms with Crippen molar-refractivity contribution in [3.63, 3.8) is 0 Å². The van der Waals surface area contributed by atoms with Crippen LogP contribution in [0.2, 0.25) is 0 Å². The van der Waals surface area contributed by atoms with Crippen LogP contribution < -0.4 is 15.8 Å². The molecule has 8 heteroatoms. The number of nitrogens with zero attached hydrogens (tertiary/aromatic N) is 2. The van der Waals surface area contributed by atoms with E-state index in [1.165, 1.54) is 30.0 Å². The summed E-state index contributed by atoms with van der Waals surface area (Å²) >= 11 is 0. The minimum Gasteiger partial charge on any atom is -0.317 e. The van der Waals surface area contributed by atoms with Crippen molar-refractivity contribution in [1.29, 1.82) is 0 Å². The first kappa shape index (κ1) is 17.6. The molecule has 1 aliphatic rings. The van der Waals surface area contributed by atoms with Gasteiger partial charge in [0.2, 0.25) is 5.91 Å². The number of aromatic amines is 1. The standard InChI is InChI=1S/C20H15FN4O3/c1-11(26)22-19-17(16(27)10-25(19)15-9-5-3-7-13(15)21)18-23-14-8-4-2-6-12(14)20(28)24-18/h2-9H,10H2,1H3,(H,22,26)(H,23,24,28). The Balaban J connectivity index is 1.95. The number of carbonyl (C=O) groups excluding carboxylic acids is 2. The number of fused-ring (bicyclic) bond motifs is 1. The van der Waals surface area contributed by atoms with Crippen LogP contribution >= 0.6 is 0 Å². The quantitative estimate of drug-likeness (QED) is 0.726. The van der Waals surface area contributed by atoms with Gasteiger partial charge in [-0.2, -0.15) is 0 Å². The second-order valence-electron chi connectivity index (χ2n) is 6.30. The second-order valence-corrected chi connectivity index (χ2v) is 6.30. The third kappa shape index (κ3) is 2.94. The fourth-order valence-electron chi connectivity index (χ4n) is 3.19. The lowest BCUT2D eigenvalue weighted by atomic mass is 10.1. The number of ketones is 1. The number of amides is 1. The molecule has 3 aromatic rings. The van der Waals surface area contributed by atoms with Crippen LogP contribution in [0.15, 0.2) is 59.1 Å². The highest BCUT2D eigenvalue weighted by Crippen LogP contribution is 2.31. The van der Waals surface area contributed by atoms with Crippen molar-refractivity contribution >= 4 is 33.9 Å². The van der Waals surface area contributed by atoms with Gasteiger partial charge in [0.05, 0.1) is 23.1 Å². The maximum Gasteiger partial charge on any atom is 0.259 e. The molecule has 0 saturated carbocycles. The summed E-state index contributed by atoms with van der Waals surface area (Å²) in [5.41, 5.74) is 0.166. The lowest BCUT2D eigenvalue weighted by Gasteiger charge is -2.22. The van der Waals surface area contributed by atoms with E-state index in [-0.39, 0.29) is 29.5 Å². The van der Waals surface area contributed by atoms with Crippen LogP contribution in [0, 0.1) is 5.82 Å². The average Bonchev–Trinajstić information content (AvgIpc) is 2.97. The number of hydrogen-bond donors (Lipinski definition) is 2. The van der Waals surface area contributed by atoms with Crippen molar-refractivity contribution in [3.8, 4) is 0 Å². The van der Waals surface area contributed by atoms with E-state index in [1.54, 1.807) is 30.3 Å². The number of nitrogens with one attached hydrogen (secondary N) is 2. The van der Waals surface area contributed by atoms with Crippen molar-refractivity contribution in [3.05, 3.63) is 76.3 Å². The molecule has 1 aliphatic heterocycles. The van der Waals surface area contributed by atoms with Crippen LogP contribution in [-0.4, -0.2) is 28.2 Å². The molecule has 0 atom stereocenters. The number of aromatic nitrogens is 2. The molecule has 2 aromatic carbocycles. The molecule has 0 unspecified atom stereocenters. The Morgan fingerprint density at radius 3 is 2.61 bits per heavy atom. The summed E-state index contributed by atoms with van der Waals surface area (Å²) in [5, 5.41) is 2.96. The number of carbonyl (C=O) groups is 2.